The molecule has 1 aromatic rings. The van der Waals surface area contributed by atoms with Crippen molar-refractivity contribution in [1.29, 1.82) is 0 Å². The van der Waals surface area contributed by atoms with E-state index in [0.29, 0.717) is 0 Å². The number of nitrogens with zero attached hydrogens (tertiary/aromatic N) is 3. The maximum Gasteiger partial charge on any atom is 0.227 e. The van der Waals surface area contributed by atoms with Crippen LogP contribution in [0.15, 0.2) is 18.7 Å². The summed E-state index contributed by atoms with van der Waals surface area (Å²) in [6, 6.07) is 0. The van der Waals surface area contributed by atoms with E-state index in [2.05, 4.69) is 10.3 Å². The molecule has 0 aromatic carbocycles. The highest BCUT2D eigenvalue weighted by Gasteiger charge is 2.27. The Morgan fingerprint density at radius 1 is 1.59 bits per heavy atom. The van der Waals surface area contributed by atoms with Crippen molar-refractivity contribution in [3.63, 3.8) is 0 Å². The number of imidazole rings is 1. The van der Waals surface area contributed by atoms with Crippen LogP contribution in [0.1, 0.15) is 6.42 Å². The van der Waals surface area contributed by atoms with Crippen molar-refractivity contribution in [2.45, 2.75) is 13.0 Å². The van der Waals surface area contributed by atoms with Gasteiger partial charge in [0.25, 0.3) is 0 Å². The number of hydrogen-bond donors (Lipinski definition) is 1. The molecule has 0 bridgehead atoms. The third-order valence-corrected chi connectivity index (χ3v) is 2.98. The zero-order valence-corrected chi connectivity index (χ0v) is 10.8. The minimum atomic E-state index is 0. The molecule has 1 N–H and O–H groups in total. The minimum absolute atomic E-state index is 0. The Morgan fingerprint density at radius 3 is 2.88 bits per heavy atom. The Morgan fingerprint density at radius 2 is 2.35 bits per heavy atom. The first-order chi connectivity index (χ1) is 7.77. The normalized spacial score (nSPS) is 14.9. The van der Waals surface area contributed by atoms with Crippen LogP contribution >= 0.6 is 12.4 Å². The van der Waals surface area contributed by atoms with E-state index >= 15 is 0 Å². The molecular formula is C11H19ClN4O. The van der Waals surface area contributed by atoms with Gasteiger partial charge in [-0.3, -0.25) is 4.79 Å². The van der Waals surface area contributed by atoms with Gasteiger partial charge in [-0.05, 0) is 6.42 Å². The number of aryl methyl sites for hydroxylation is 1. The Bertz CT molecular complexity index is 337. The van der Waals surface area contributed by atoms with Crippen molar-refractivity contribution < 1.29 is 4.79 Å². The molecule has 2 heterocycles. The fraction of sp³-hybridized carbons (Fsp3) is 0.636. The van der Waals surface area contributed by atoms with Crippen LogP contribution in [0.2, 0.25) is 0 Å². The van der Waals surface area contributed by atoms with Crippen molar-refractivity contribution >= 4 is 18.3 Å². The van der Waals surface area contributed by atoms with Gasteiger partial charge in [0.15, 0.2) is 0 Å². The lowest BCUT2D eigenvalue weighted by molar-refractivity contribution is -0.135. The molecule has 0 radical (unpaired) electrons. The number of aromatic nitrogens is 2. The van der Waals surface area contributed by atoms with Gasteiger partial charge >= 0.3 is 0 Å². The Kier molecular flexibility index (Phi) is 5.44. The van der Waals surface area contributed by atoms with Crippen LogP contribution in [-0.4, -0.2) is 47.0 Å². The lowest BCUT2D eigenvalue weighted by Crippen LogP contribution is -2.51. The van der Waals surface area contributed by atoms with E-state index in [4.69, 9.17) is 0 Å². The summed E-state index contributed by atoms with van der Waals surface area (Å²) in [5.74, 6) is 0.475. The molecule has 1 saturated heterocycles. The van der Waals surface area contributed by atoms with Crippen molar-refractivity contribution in [3.05, 3.63) is 18.7 Å². The van der Waals surface area contributed by atoms with E-state index in [-0.39, 0.29) is 24.2 Å². The second kappa shape index (κ2) is 6.61. The highest BCUT2D eigenvalue weighted by atomic mass is 35.5. The van der Waals surface area contributed by atoms with Crippen molar-refractivity contribution in [2.24, 2.45) is 5.92 Å². The largest absolute Gasteiger partial charge is 0.345 e. The summed E-state index contributed by atoms with van der Waals surface area (Å²) in [5.41, 5.74) is 0. The van der Waals surface area contributed by atoms with Crippen molar-refractivity contribution in [2.75, 3.05) is 26.7 Å². The highest BCUT2D eigenvalue weighted by Crippen LogP contribution is 2.07. The van der Waals surface area contributed by atoms with Gasteiger partial charge in [0.2, 0.25) is 5.91 Å². The van der Waals surface area contributed by atoms with Crippen LogP contribution in [0.3, 0.4) is 0 Å². The van der Waals surface area contributed by atoms with Crippen LogP contribution < -0.4 is 5.32 Å². The average molecular weight is 259 g/mol. The summed E-state index contributed by atoms with van der Waals surface area (Å²) in [5, 5.41) is 3.12. The zero-order valence-electron chi connectivity index (χ0n) is 10.0. The molecule has 1 amide bonds. The van der Waals surface area contributed by atoms with Gasteiger partial charge in [-0.1, -0.05) is 0 Å². The van der Waals surface area contributed by atoms with Crippen molar-refractivity contribution in [1.82, 2.24) is 19.8 Å². The summed E-state index contributed by atoms with van der Waals surface area (Å²) in [7, 11) is 1.88. The van der Waals surface area contributed by atoms with Crippen LogP contribution in [0.25, 0.3) is 0 Å². The molecule has 1 aromatic heterocycles. The van der Waals surface area contributed by atoms with Gasteiger partial charge in [-0.2, -0.15) is 0 Å². The quantitative estimate of drug-likeness (QED) is 0.831. The molecule has 0 unspecified atom stereocenters. The van der Waals surface area contributed by atoms with Gasteiger partial charge in [0.05, 0.1) is 12.2 Å². The predicted octanol–water partition coefficient (Wildman–Crippen LogP) is 0.373. The maximum atomic E-state index is 11.8. The summed E-state index contributed by atoms with van der Waals surface area (Å²) >= 11 is 0. The van der Waals surface area contributed by atoms with Crippen molar-refractivity contribution in [3.8, 4) is 0 Å². The number of carbonyl (C=O) groups excluding carboxylic acids is 1. The molecule has 0 spiro atoms. The third-order valence-electron chi connectivity index (χ3n) is 2.98. The number of rotatable bonds is 5. The fourth-order valence-corrected chi connectivity index (χ4v) is 1.79. The molecule has 96 valence electrons. The van der Waals surface area contributed by atoms with E-state index in [1.807, 2.05) is 22.7 Å². The molecule has 17 heavy (non-hydrogen) atoms. The first-order valence-corrected chi connectivity index (χ1v) is 5.69. The smallest absolute Gasteiger partial charge is 0.227 e. The van der Waals surface area contributed by atoms with E-state index in [0.717, 1.165) is 32.6 Å². The Balaban J connectivity index is 0.00000144. The lowest BCUT2D eigenvalue weighted by atomic mass is 10.0. The molecule has 1 aliphatic heterocycles. The summed E-state index contributed by atoms with van der Waals surface area (Å²) in [4.78, 5) is 17.6. The van der Waals surface area contributed by atoms with Gasteiger partial charge in [0, 0.05) is 45.6 Å². The van der Waals surface area contributed by atoms with E-state index in [9.17, 15) is 4.79 Å². The first-order valence-electron chi connectivity index (χ1n) is 5.69. The molecule has 0 atom stereocenters. The molecule has 5 nitrogen and oxygen atoms in total. The van der Waals surface area contributed by atoms with E-state index < -0.39 is 0 Å². The number of halogens is 1. The molecule has 6 heteroatoms. The predicted molar refractivity (Wildman–Crippen MR) is 68.1 cm³/mol. The molecule has 1 fully saturated rings. The highest BCUT2D eigenvalue weighted by molar-refractivity contribution is 5.85. The number of carbonyl (C=O) groups is 1. The second-order valence-electron chi connectivity index (χ2n) is 4.27. The van der Waals surface area contributed by atoms with Crippen LogP contribution in [0.5, 0.6) is 0 Å². The summed E-state index contributed by atoms with van der Waals surface area (Å²) in [6.07, 6.45) is 6.49. The third kappa shape index (κ3) is 3.71. The number of amides is 1. The van der Waals surface area contributed by atoms with Gasteiger partial charge in [-0.15, -0.1) is 12.4 Å². The second-order valence-corrected chi connectivity index (χ2v) is 4.27. The van der Waals surface area contributed by atoms with Crippen LogP contribution in [0, 0.1) is 5.92 Å². The molecular weight excluding hydrogens is 240 g/mol. The van der Waals surface area contributed by atoms with Crippen LogP contribution in [-0.2, 0) is 11.3 Å². The Labute approximate surface area is 108 Å². The number of hydrogen-bond acceptors (Lipinski definition) is 3. The van der Waals surface area contributed by atoms with Gasteiger partial charge < -0.3 is 14.8 Å². The first kappa shape index (κ1) is 14.0. The number of nitrogens with one attached hydrogen (secondary N) is 1. The van der Waals surface area contributed by atoms with E-state index in [1.165, 1.54) is 0 Å². The monoisotopic (exact) mass is 258 g/mol. The molecule has 2 rings (SSSR count). The molecule has 0 saturated carbocycles. The molecule has 0 aliphatic carbocycles. The molecule has 1 aliphatic rings. The van der Waals surface area contributed by atoms with Gasteiger partial charge in [-0.25, -0.2) is 4.98 Å². The van der Waals surface area contributed by atoms with Gasteiger partial charge in [0.1, 0.15) is 0 Å². The maximum absolute atomic E-state index is 11.8. The summed E-state index contributed by atoms with van der Waals surface area (Å²) in [6.45, 7) is 3.41. The average Bonchev–Trinajstić information content (AvgIpc) is 2.67. The SMILES string of the molecule is CN(CCCn1ccnc1)C(=O)C1CNC1.Cl. The lowest BCUT2D eigenvalue weighted by Gasteiger charge is -2.30. The topological polar surface area (TPSA) is 50.2 Å². The van der Waals surface area contributed by atoms with E-state index in [1.54, 1.807) is 12.5 Å². The Hall–Kier alpha value is -1.07. The fourth-order valence-electron chi connectivity index (χ4n) is 1.79. The summed E-state index contributed by atoms with van der Waals surface area (Å²) < 4.78 is 2.03. The standard InChI is InChI=1S/C11H18N4O.ClH/c1-14(11(16)10-7-13-8-10)4-2-5-15-6-3-12-9-15;/h3,6,9-10,13H,2,4-5,7-8H2,1H3;1H. The zero-order chi connectivity index (χ0) is 11.4. The minimum Gasteiger partial charge on any atom is -0.345 e. The van der Waals surface area contributed by atoms with Crippen LogP contribution in [0.4, 0.5) is 0 Å².